The molecule has 0 amide bonds. The van der Waals surface area contributed by atoms with Gasteiger partial charge in [0.1, 0.15) is 23.2 Å². The lowest BCUT2D eigenvalue weighted by Crippen LogP contribution is -3.00. The summed E-state index contributed by atoms with van der Waals surface area (Å²) in [5.41, 5.74) is 0. The SMILES string of the molecule is CC(CC[P+](c1ccccc1)(c1ccccc1)c1ccccc1)CC(=O)O.[Br-]. The number of benzene rings is 3. The quantitative estimate of drug-likeness (QED) is 0.521. The Morgan fingerprint density at radius 3 is 1.46 bits per heavy atom. The normalized spacial score (nSPS) is 12.0. The summed E-state index contributed by atoms with van der Waals surface area (Å²) in [5, 5.41) is 13.2. The van der Waals surface area contributed by atoms with E-state index in [0.29, 0.717) is 0 Å². The lowest BCUT2D eigenvalue weighted by atomic mass is 10.1. The predicted molar refractivity (Wildman–Crippen MR) is 116 cm³/mol. The van der Waals surface area contributed by atoms with Crippen LogP contribution in [0.15, 0.2) is 91.0 Å². The maximum atomic E-state index is 11.2. The van der Waals surface area contributed by atoms with Crippen LogP contribution in [0.5, 0.6) is 0 Å². The number of carbonyl (C=O) groups is 1. The van der Waals surface area contributed by atoms with Gasteiger partial charge in [-0.2, -0.15) is 0 Å². The first-order chi connectivity index (χ1) is 13.1. The fourth-order valence-electron chi connectivity index (χ4n) is 3.70. The highest BCUT2D eigenvalue weighted by Gasteiger charge is 2.44. The maximum absolute atomic E-state index is 11.2. The Hall–Kier alpha value is -1.96. The van der Waals surface area contributed by atoms with Crippen LogP contribution in [0.4, 0.5) is 0 Å². The molecule has 3 aromatic rings. The first kappa shape index (κ1) is 22.3. The number of rotatable bonds is 8. The van der Waals surface area contributed by atoms with Crippen molar-refractivity contribution in [1.82, 2.24) is 0 Å². The summed E-state index contributed by atoms with van der Waals surface area (Å²) in [5.74, 6) is -0.566. The highest BCUT2D eigenvalue weighted by Crippen LogP contribution is 2.56. The summed E-state index contributed by atoms with van der Waals surface area (Å²) in [6.45, 7) is 2.05. The molecule has 0 fully saturated rings. The fourth-order valence-corrected chi connectivity index (χ4v) is 8.24. The van der Waals surface area contributed by atoms with Crippen molar-refractivity contribution >= 4 is 29.1 Å². The first-order valence-corrected chi connectivity index (χ1v) is 11.4. The molecule has 1 N–H and O–H groups in total. The van der Waals surface area contributed by atoms with E-state index in [1.807, 2.05) is 6.92 Å². The van der Waals surface area contributed by atoms with Crippen LogP contribution in [0.3, 0.4) is 0 Å². The van der Waals surface area contributed by atoms with Gasteiger partial charge in [-0.05, 0) is 48.7 Å². The Morgan fingerprint density at radius 2 is 1.14 bits per heavy atom. The van der Waals surface area contributed by atoms with Gasteiger partial charge in [0.25, 0.3) is 0 Å². The van der Waals surface area contributed by atoms with Gasteiger partial charge in [0, 0.05) is 6.42 Å². The van der Waals surface area contributed by atoms with E-state index in [2.05, 4.69) is 91.0 Å². The third-order valence-corrected chi connectivity index (χ3v) is 9.54. The topological polar surface area (TPSA) is 37.3 Å². The van der Waals surface area contributed by atoms with Gasteiger partial charge in [-0.25, -0.2) is 0 Å². The van der Waals surface area contributed by atoms with Crippen molar-refractivity contribution in [1.29, 1.82) is 0 Å². The van der Waals surface area contributed by atoms with Gasteiger partial charge in [-0.1, -0.05) is 61.5 Å². The van der Waals surface area contributed by atoms with E-state index in [9.17, 15) is 9.90 Å². The molecule has 0 spiro atoms. The monoisotopic (exact) mass is 456 g/mol. The van der Waals surface area contributed by atoms with Crippen LogP contribution in [0.2, 0.25) is 0 Å². The van der Waals surface area contributed by atoms with Crippen LogP contribution in [-0.4, -0.2) is 17.2 Å². The lowest BCUT2D eigenvalue weighted by Gasteiger charge is -2.28. The molecule has 2 nitrogen and oxygen atoms in total. The molecule has 0 aliphatic carbocycles. The van der Waals surface area contributed by atoms with E-state index in [4.69, 9.17) is 0 Å². The van der Waals surface area contributed by atoms with Gasteiger partial charge in [0.2, 0.25) is 0 Å². The zero-order valence-electron chi connectivity index (χ0n) is 16.0. The molecule has 146 valence electrons. The molecular weight excluding hydrogens is 431 g/mol. The minimum atomic E-state index is -1.84. The molecule has 0 radical (unpaired) electrons. The van der Waals surface area contributed by atoms with Gasteiger partial charge in [0.05, 0.1) is 6.16 Å². The summed E-state index contributed by atoms with van der Waals surface area (Å²) in [6, 6.07) is 32.2. The lowest BCUT2D eigenvalue weighted by molar-refractivity contribution is -0.137. The van der Waals surface area contributed by atoms with Crippen LogP contribution in [0, 0.1) is 5.92 Å². The van der Waals surface area contributed by atoms with E-state index >= 15 is 0 Å². The maximum Gasteiger partial charge on any atom is 0.303 e. The van der Waals surface area contributed by atoms with Gasteiger partial charge in [-0.3, -0.25) is 4.79 Å². The van der Waals surface area contributed by atoms with E-state index in [1.165, 1.54) is 15.9 Å². The highest BCUT2D eigenvalue weighted by atomic mass is 79.9. The molecule has 28 heavy (non-hydrogen) atoms. The summed E-state index contributed by atoms with van der Waals surface area (Å²) in [4.78, 5) is 11.2. The summed E-state index contributed by atoms with van der Waals surface area (Å²) in [7, 11) is -1.84. The van der Waals surface area contributed by atoms with Gasteiger partial charge >= 0.3 is 5.97 Å². The minimum absolute atomic E-state index is 0. The standard InChI is InChI=1S/C24H25O2P.BrH/c1-20(19-24(25)26)17-18-27(21-11-5-2-6-12-21,22-13-7-3-8-14-22)23-15-9-4-10-16-23;/h2-16,20H,17-19H2,1H3;1H. The smallest absolute Gasteiger partial charge is 0.303 e. The average Bonchev–Trinajstić information content (AvgIpc) is 2.70. The van der Waals surface area contributed by atoms with Crippen molar-refractivity contribution in [2.45, 2.75) is 19.8 Å². The van der Waals surface area contributed by atoms with Crippen molar-refractivity contribution in [2.75, 3.05) is 6.16 Å². The van der Waals surface area contributed by atoms with Crippen LogP contribution < -0.4 is 32.9 Å². The highest BCUT2D eigenvalue weighted by molar-refractivity contribution is 7.95. The van der Waals surface area contributed by atoms with E-state index in [1.54, 1.807) is 0 Å². The number of carboxylic acids is 1. The fraction of sp³-hybridized carbons (Fsp3) is 0.208. The predicted octanol–water partition coefficient (Wildman–Crippen LogP) is 1.49. The van der Waals surface area contributed by atoms with Crippen molar-refractivity contribution in [2.24, 2.45) is 5.92 Å². The van der Waals surface area contributed by atoms with Crippen molar-refractivity contribution < 1.29 is 26.9 Å². The second-order valence-electron chi connectivity index (χ2n) is 7.03. The van der Waals surface area contributed by atoms with Crippen LogP contribution in [0.1, 0.15) is 19.8 Å². The van der Waals surface area contributed by atoms with E-state index in [-0.39, 0.29) is 29.3 Å². The molecule has 0 aromatic heterocycles. The second-order valence-corrected chi connectivity index (χ2v) is 10.6. The molecule has 0 saturated heterocycles. The molecule has 0 aliphatic heterocycles. The molecule has 0 heterocycles. The molecule has 3 rings (SSSR count). The van der Waals surface area contributed by atoms with Crippen LogP contribution >= 0.6 is 7.26 Å². The Bertz CT molecular complexity index is 757. The molecule has 4 heteroatoms. The number of halogens is 1. The Morgan fingerprint density at radius 1 is 0.786 bits per heavy atom. The summed E-state index contributed by atoms with van der Waals surface area (Å²) < 4.78 is 0. The van der Waals surface area contributed by atoms with Gasteiger partial charge in [-0.15, -0.1) is 0 Å². The molecule has 1 unspecified atom stereocenters. The zero-order valence-corrected chi connectivity index (χ0v) is 18.5. The average molecular weight is 457 g/mol. The molecule has 0 aliphatic rings. The van der Waals surface area contributed by atoms with Crippen LogP contribution in [0.25, 0.3) is 0 Å². The van der Waals surface area contributed by atoms with Crippen molar-refractivity contribution in [3.05, 3.63) is 91.0 Å². The number of carboxylic acid groups (broad SMARTS) is 1. The minimum Gasteiger partial charge on any atom is -1.00 e. The molecule has 0 saturated carbocycles. The van der Waals surface area contributed by atoms with E-state index < -0.39 is 13.2 Å². The third kappa shape index (κ3) is 5.10. The van der Waals surface area contributed by atoms with Crippen LogP contribution in [-0.2, 0) is 4.79 Å². The van der Waals surface area contributed by atoms with Gasteiger partial charge in [0.15, 0.2) is 0 Å². The van der Waals surface area contributed by atoms with Crippen molar-refractivity contribution in [3.63, 3.8) is 0 Å². The Labute approximate surface area is 178 Å². The largest absolute Gasteiger partial charge is 1.00 e. The third-order valence-electron chi connectivity index (χ3n) is 5.07. The molecule has 1 atom stereocenters. The van der Waals surface area contributed by atoms with Gasteiger partial charge < -0.3 is 22.1 Å². The molecule has 0 bridgehead atoms. The number of hydrogen-bond donors (Lipinski definition) is 1. The first-order valence-electron chi connectivity index (χ1n) is 9.39. The zero-order chi connectivity index (χ0) is 19.1. The van der Waals surface area contributed by atoms with Crippen molar-refractivity contribution in [3.8, 4) is 0 Å². The number of aliphatic carboxylic acids is 1. The second kappa shape index (κ2) is 10.5. The molecule has 3 aromatic carbocycles. The Kier molecular flexibility index (Phi) is 8.41. The summed E-state index contributed by atoms with van der Waals surface area (Å²) >= 11 is 0. The number of hydrogen-bond acceptors (Lipinski definition) is 1. The molecular formula is C24H26BrO2P. The Balaban J connectivity index is 0.00000280. The summed E-state index contributed by atoms with van der Waals surface area (Å²) in [6.07, 6.45) is 2.08. The van der Waals surface area contributed by atoms with E-state index in [0.717, 1.165) is 12.6 Å².